The lowest BCUT2D eigenvalue weighted by molar-refractivity contribution is -0.118. The van der Waals surface area contributed by atoms with E-state index in [9.17, 15) is 18.4 Å². The van der Waals surface area contributed by atoms with E-state index in [0.717, 1.165) is 0 Å². The third kappa shape index (κ3) is 7.45. The molecule has 0 bridgehead atoms. The van der Waals surface area contributed by atoms with E-state index in [1.165, 1.54) is 55.3 Å². The Balaban J connectivity index is 2.18. The summed E-state index contributed by atoms with van der Waals surface area (Å²) >= 11 is 13.4. The van der Waals surface area contributed by atoms with E-state index in [-0.39, 0.29) is 27.8 Å². The predicted octanol–water partition coefficient (Wildman–Crippen LogP) is 5.09. The summed E-state index contributed by atoms with van der Waals surface area (Å²) in [6.45, 7) is -3.06. The van der Waals surface area contributed by atoms with Crippen molar-refractivity contribution < 1.29 is 27.8 Å². The Morgan fingerprint density at radius 2 is 1.87 bits per heavy atom. The van der Waals surface area contributed by atoms with E-state index in [1.54, 1.807) is 0 Å². The molecule has 0 saturated heterocycles. The number of halogens is 4. The summed E-state index contributed by atoms with van der Waals surface area (Å²) in [5.74, 6) is -0.620. The van der Waals surface area contributed by atoms with E-state index in [0.29, 0.717) is 17.2 Å². The molecule has 2 rings (SSSR count). The van der Waals surface area contributed by atoms with Gasteiger partial charge in [0.05, 0.1) is 17.7 Å². The van der Waals surface area contributed by atoms with Crippen molar-refractivity contribution in [3.8, 4) is 11.5 Å². The Kier molecular flexibility index (Phi) is 9.67. The molecule has 2 amide bonds. The Labute approximate surface area is 192 Å². The molecule has 168 valence electrons. The summed E-state index contributed by atoms with van der Waals surface area (Å²) in [6.07, 6.45) is 2.20. The Morgan fingerprint density at radius 3 is 2.48 bits per heavy atom. The number of benzene rings is 2. The minimum atomic E-state index is -3.06. The van der Waals surface area contributed by atoms with Gasteiger partial charge in [0.25, 0.3) is 5.91 Å². The predicted molar refractivity (Wildman–Crippen MR) is 119 cm³/mol. The lowest BCUT2D eigenvalue weighted by Crippen LogP contribution is -2.44. The lowest BCUT2D eigenvalue weighted by Gasteiger charge is -2.19. The van der Waals surface area contributed by atoms with Crippen LogP contribution in [0.2, 0.25) is 10.0 Å². The van der Waals surface area contributed by atoms with E-state index < -0.39 is 24.5 Å². The van der Waals surface area contributed by atoms with Crippen LogP contribution in [0.15, 0.2) is 36.4 Å². The molecule has 1 atom stereocenters. The van der Waals surface area contributed by atoms with Crippen molar-refractivity contribution >= 4 is 52.5 Å². The molecule has 0 radical (unpaired) electrons. The number of carbonyl (C=O) groups is 2. The second-order valence-corrected chi connectivity index (χ2v) is 7.99. The minimum absolute atomic E-state index is 0.0860. The van der Waals surface area contributed by atoms with Crippen molar-refractivity contribution in [1.82, 2.24) is 5.32 Å². The Morgan fingerprint density at radius 1 is 1.13 bits per heavy atom. The zero-order valence-electron chi connectivity index (χ0n) is 16.6. The van der Waals surface area contributed by atoms with Crippen LogP contribution in [0.1, 0.15) is 16.8 Å². The van der Waals surface area contributed by atoms with Gasteiger partial charge in [0.2, 0.25) is 5.91 Å². The number of hydrogen-bond donors (Lipinski definition) is 2. The van der Waals surface area contributed by atoms with Gasteiger partial charge in [-0.3, -0.25) is 9.59 Å². The normalized spacial score (nSPS) is 11.7. The van der Waals surface area contributed by atoms with Crippen molar-refractivity contribution in [2.24, 2.45) is 0 Å². The van der Waals surface area contributed by atoms with Gasteiger partial charge in [0.15, 0.2) is 11.5 Å². The van der Waals surface area contributed by atoms with Gasteiger partial charge in [-0.1, -0.05) is 23.2 Å². The van der Waals surface area contributed by atoms with Crippen LogP contribution in [0, 0.1) is 0 Å². The maximum Gasteiger partial charge on any atom is 0.387 e. The molecule has 0 spiro atoms. The number of carbonyl (C=O) groups excluding carboxylic acids is 2. The number of rotatable bonds is 10. The largest absolute Gasteiger partial charge is 0.493 e. The van der Waals surface area contributed by atoms with Crippen molar-refractivity contribution in [3.63, 3.8) is 0 Å². The van der Waals surface area contributed by atoms with Gasteiger partial charge in [0, 0.05) is 16.8 Å². The Hall–Kier alpha value is -2.23. The molecule has 0 heterocycles. The molecule has 1 unspecified atom stereocenters. The van der Waals surface area contributed by atoms with E-state index in [2.05, 4.69) is 15.4 Å². The molecule has 0 aliphatic heterocycles. The lowest BCUT2D eigenvalue weighted by atomic mass is 10.1. The first-order chi connectivity index (χ1) is 14.7. The summed E-state index contributed by atoms with van der Waals surface area (Å²) in [6, 6.07) is 7.58. The fraction of sp³-hybridized carbons (Fsp3) is 0.300. The maximum atomic E-state index is 12.8. The third-order valence-corrected chi connectivity index (χ3v) is 5.25. The number of nitrogens with one attached hydrogen (secondary N) is 2. The SMILES string of the molecule is COc1ccc(NC(=O)C(CCSC)NC(=O)c2ccc(Cl)cc2Cl)cc1OC(F)F. The summed E-state index contributed by atoms with van der Waals surface area (Å²) in [5, 5.41) is 5.77. The summed E-state index contributed by atoms with van der Waals surface area (Å²) < 4.78 is 34.6. The van der Waals surface area contributed by atoms with Crippen LogP contribution < -0.4 is 20.1 Å². The van der Waals surface area contributed by atoms with Crippen molar-refractivity contribution in [1.29, 1.82) is 0 Å². The van der Waals surface area contributed by atoms with Gasteiger partial charge in [-0.05, 0) is 48.8 Å². The van der Waals surface area contributed by atoms with Crippen LogP contribution in [-0.4, -0.2) is 43.6 Å². The monoisotopic (exact) mass is 492 g/mol. The number of ether oxygens (including phenoxy) is 2. The quantitative estimate of drug-likeness (QED) is 0.482. The highest BCUT2D eigenvalue weighted by Crippen LogP contribution is 2.31. The number of anilines is 1. The van der Waals surface area contributed by atoms with E-state index in [1.807, 2.05) is 6.26 Å². The molecule has 0 aliphatic carbocycles. The number of methoxy groups -OCH3 is 1. The molecule has 31 heavy (non-hydrogen) atoms. The first-order valence-electron chi connectivity index (χ1n) is 8.93. The highest BCUT2D eigenvalue weighted by atomic mass is 35.5. The van der Waals surface area contributed by atoms with Crippen LogP contribution in [0.5, 0.6) is 11.5 Å². The Bertz CT molecular complexity index is 934. The molecule has 2 N–H and O–H groups in total. The van der Waals surface area contributed by atoms with Crippen molar-refractivity contribution in [2.45, 2.75) is 19.1 Å². The van der Waals surface area contributed by atoms with Crippen LogP contribution in [0.25, 0.3) is 0 Å². The molecule has 0 saturated carbocycles. The molecular weight excluding hydrogens is 473 g/mol. The number of alkyl halides is 2. The molecule has 0 fully saturated rings. The fourth-order valence-electron chi connectivity index (χ4n) is 2.59. The van der Waals surface area contributed by atoms with Crippen LogP contribution >= 0.6 is 35.0 Å². The highest BCUT2D eigenvalue weighted by molar-refractivity contribution is 7.98. The smallest absolute Gasteiger partial charge is 0.387 e. The second kappa shape index (κ2) is 12.0. The molecule has 11 heteroatoms. The van der Waals surface area contributed by atoms with Gasteiger partial charge in [0.1, 0.15) is 6.04 Å². The van der Waals surface area contributed by atoms with E-state index in [4.69, 9.17) is 27.9 Å². The van der Waals surface area contributed by atoms with Crippen LogP contribution in [0.4, 0.5) is 14.5 Å². The summed E-state index contributed by atoms with van der Waals surface area (Å²) in [7, 11) is 1.31. The van der Waals surface area contributed by atoms with Gasteiger partial charge >= 0.3 is 6.61 Å². The topological polar surface area (TPSA) is 76.7 Å². The average molecular weight is 493 g/mol. The number of amides is 2. The standard InChI is InChI=1S/C20H20Cl2F2N2O4S/c1-29-16-6-4-12(10-17(16)30-20(23)24)25-19(28)15(7-8-31-2)26-18(27)13-5-3-11(21)9-14(13)22/h3-6,9-10,15,20H,7-8H2,1-2H3,(H,25,28)(H,26,27). The number of thioether (sulfide) groups is 1. The molecule has 0 aliphatic rings. The van der Waals surface area contributed by atoms with Gasteiger partial charge in [-0.25, -0.2) is 0 Å². The third-order valence-electron chi connectivity index (χ3n) is 4.06. The van der Waals surface area contributed by atoms with Gasteiger partial charge < -0.3 is 20.1 Å². The summed E-state index contributed by atoms with van der Waals surface area (Å²) in [4.78, 5) is 25.4. The maximum absolute atomic E-state index is 12.8. The highest BCUT2D eigenvalue weighted by Gasteiger charge is 2.23. The molecular formula is C20H20Cl2F2N2O4S. The van der Waals surface area contributed by atoms with Crippen molar-refractivity contribution in [3.05, 3.63) is 52.0 Å². The molecule has 2 aromatic rings. The average Bonchev–Trinajstić information content (AvgIpc) is 2.70. The van der Waals surface area contributed by atoms with Crippen molar-refractivity contribution in [2.75, 3.05) is 24.4 Å². The first kappa shape index (κ1) is 25.0. The molecule has 2 aromatic carbocycles. The molecule has 6 nitrogen and oxygen atoms in total. The molecule has 0 aromatic heterocycles. The van der Waals surface area contributed by atoms with Gasteiger partial charge in [-0.2, -0.15) is 20.5 Å². The van der Waals surface area contributed by atoms with E-state index >= 15 is 0 Å². The first-order valence-corrected chi connectivity index (χ1v) is 11.1. The van der Waals surface area contributed by atoms with Gasteiger partial charge in [-0.15, -0.1) is 0 Å². The summed E-state index contributed by atoms with van der Waals surface area (Å²) in [5.41, 5.74) is 0.375. The van der Waals surface area contributed by atoms with Crippen LogP contribution in [0.3, 0.4) is 0 Å². The zero-order chi connectivity index (χ0) is 23.0. The zero-order valence-corrected chi connectivity index (χ0v) is 18.9. The number of hydrogen-bond acceptors (Lipinski definition) is 5. The second-order valence-electron chi connectivity index (χ2n) is 6.17. The van der Waals surface area contributed by atoms with Crippen LogP contribution in [-0.2, 0) is 4.79 Å². The fourth-order valence-corrected chi connectivity index (χ4v) is 3.55. The minimum Gasteiger partial charge on any atom is -0.493 e.